The van der Waals surface area contributed by atoms with Crippen LogP contribution in [0.2, 0.25) is 0 Å². The molecule has 2 heterocycles. The minimum absolute atomic E-state index is 0.497. The number of hydrogen-bond donors (Lipinski definition) is 0. The Morgan fingerprint density at radius 3 is 1.61 bits per heavy atom. The lowest BCUT2D eigenvalue weighted by Crippen LogP contribution is -2.47. The molecule has 0 bridgehead atoms. The summed E-state index contributed by atoms with van der Waals surface area (Å²) < 4.78 is 12.3. The van der Waals surface area contributed by atoms with Crippen LogP contribution in [0.15, 0.2) is 103 Å². The molecule has 0 aromatic heterocycles. The van der Waals surface area contributed by atoms with Crippen LogP contribution in [-0.2, 0) is 31.9 Å². The molecule has 31 heavy (non-hydrogen) atoms. The monoisotopic (exact) mass is 410 g/mol. The number of epoxide rings is 2. The fourth-order valence-corrected chi connectivity index (χ4v) is 4.84. The summed E-state index contributed by atoms with van der Waals surface area (Å²) in [5, 5.41) is 0. The molecular weight excluding hydrogens is 384 g/mol. The van der Waals surface area contributed by atoms with E-state index in [0.717, 1.165) is 30.3 Å². The largest absolute Gasteiger partial charge is 0.363 e. The molecule has 2 saturated heterocycles. The predicted molar refractivity (Wildman–Crippen MR) is 121 cm³/mol. The molecule has 2 aliphatic rings. The second-order valence-electron chi connectivity index (χ2n) is 8.38. The first-order valence-corrected chi connectivity index (χ1v) is 10.8. The van der Waals surface area contributed by atoms with E-state index in [0.29, 0.717) is 13.2 Å². The third-order valence-corrected chi connectivity index (χ3v) is 6.69. The van der Waals surface area contributed by atoms with Gasteiger partial charge in [-0.25, -0.2) is 0 Å². The van der Waals surface area contributed by atoms with E-state index in [4.69, 9.17) is 9.47 Å². The van der Waals surface area contributed by atoms with Crippen LogP contribution in [0.4, 0.5) is 0 Å². The third-order valence-electron chi connectivity index (χ3n) is 6.69. The lowest BCUT2D eigenvalue weighted by Gasteiger charge is -2.37. The fraction of sp³-hybridized carbons (Fsp3) is 0.250. The van der Waals surface area contributed by atoms with Crippen molar-refractivity contribution in [2.45, 2.75) is 24.0 Å². The van der Waals surface area contributed by atoms with Crippen molar-refractivity contribution in [3.8, 4) is 0 Å². The van der Waals surface area contributed by atoms with Crippen LogP contribution in [0, 0.1) is 5.41 Å². The second kappa shape index (κ2) is 7.92. The van der Waals surface area contributed by atoms with Gasteiger partial charge < -0.3 is 14.3 Å². The first-order valence-electron chi connectivity index (χ1n) is 10.8. The Kier molecular flexibility index (Phi) is 5.09. The minimum Gasteiger partial charge on any atom is -0.363 e. The Bertz CT molecular complexity index is 994. The molecule has 2 unspecified atom stereocenters. The van der Waals surface area contributed by atoms with E-state index in [1.807, 2.05) is 66.7 Å². The molecule has 2 atom stereocenters. The van der Waals surface area contributed by atoms with Gasteiger partial charge in [0.05, 0.1) is 13.2 Å². The van der Waals surface area contributed by atoms with Crippen molar-refractivity contribution in [3.63, 3.8) is 0 Å². The first-order chi connectivity index (χ1) is 15.3. The number of aryl methyl sites for hydroxylation is 1. The zero-order chi connectivity index (χ0) is 21.2. The number of hydrogen-bond acceptors (Lipinski definition) is 3. The molecular formula is C28H26O3. The van der Waals surface area contributed by atoms with Gasteiger partial charge in [0.2, 0.25) is 0 Å². The maximum atomic E-state index is 13.0. The van der Waals surface area contributed by atoms with Gasteiger partial charge in [0.25, 0.3) is 0 Å². The van der Waals surface area contributed by atoms with Crippen molar-refractivity contribution >= 4 is 6.29 Å². The maximum absolute atomic E-state index is 13.0. The van der Waals surface area contributed by atoms with Crippen LogP contribution in [0.1, 0.15) is 23.1 Å². The molecule has 0 aliphatic carbocycles. The Labute approximate surface area is 183 Å². The smallest absolute Gasteiger partial charge is 0.136 e. The molecule has 0 N–H and O–H groups in total. The number of aldehydes is 1. The Balaban J connectivity index is 1.54. The fourth-order valence-electron chi connectivity index (χ4n) is 4.84. The number of allylic oxidation sites excluding steroid dienone is 1. The van der Waals surface area contributed by atoms with Gasteiger partial charge in [-0.15, -0.1) is 0 Å². The van der Waals surface area contributed by atoms with Crippen molar-refractivity contribution in [3.05, 3.63) is 120 Å². The number of benzene rings is 3. The van der Waals surface area contributed by atoms with Gasteiger partial charge >= 0.3 is 0 Å². The Morgan fingerprint density at radius 2 is 1.19 bits per heavy atom. The highest BCUT2D eigenvalue weighted by Gasteiger charge is 2.75. The minimum atomic E-state index is -0.945. The van der Waals surface area contributed by atoms with Gasteiger partial charge in [0, 0.05) is 0 Å². The van der Waals surface area contributed by atoms with E-state index in [9.17, 15) is 4.79 Å². The van der Waals surface area contributed by atoms with E-state index in [1.54, 1.807) is 0 Å². The molecule has 0 spiro atoms. The normalized spacial score (nSPS) is 26.3. The molecule has 0 saturated carbocycles. The van der Waals surface area contributed by atoms with Crippen LogP contribution in [0.3, 0.4) is 0 Å². The van der Waals surface area contributed by atoms with Crippen LogP contribution >= 0.6 is 0 Å². The molecule has 0 radical (unpaired) electrons. The molecule has 3 nitrogen and oxygen atoms in total. The highest BCUT2D eigenvalue weighted by atomic mass is 16.6. The van der Waals surface area contributed by atoms with E-state index < -0.39 is 16.6 Å². The topological polar surface area (TPSA) is 42.1 Å². The average molecular weight is 411 g/mol. The van der Waals surface area contributed by atoms with Crippen molar-refractivity contribution < 1.29 is 14.3 Å². The Morgan fingerprint density at radius 1 is 0.742 bits per heavy atom. The molecule has 3 heteroatoms. The highest BCUT2D eigenvalue weighted by molar-refractivity contribution is 5.72. The molecule has 3 aromatic carbocycles. The quantitative estimate of drug-likeness (QED) is 0.276. The van der Waals surface area contributed by atoms with Gasteiger partial charge in [0.1, 0.15) is 22.9 Å². The van der Waals surface area contributed by atoms with Gasteiger partial charge in [-0.1, -0.05) is 103 Å². The van der Waals surface area contributed by atoms with E-state index >= 15 is 0 Å². The third kappa shape index (κ3) is 3.25. The number of ether oxygens (including phenoxy) is 2. The lowest BCUT2D eigenvalue weighted by molar-refractivity contribution is -0.122. The molecule has 5 rings (SSSR count). The molecule has 3 aromatic rings. The Hall–Kier alpha value is -3.01. The van der Waals surface area contributed by atoms with Crippen LogP contribution in [0.5, 0.6) is 0 Å². The van der Waals surface area contributed by atoms with Crippen molar-refractivity contribution in [1.29, 1.82) is 0 Å². The molecule has 2 aliphatic heterocycles. The maximum Gasteiger partial charge on any atom is 0.136 e. The van der Waals surface area contributed by atoms with Gasteiger partial charge in [-0.3, -0.25) is 0 Å². The van der Waals surface area contributed by atoms with Crippen LogP contribution in [0.25, 0.3) is 0 Å². The number of carbonyl (C=O) groups excluding carboxylic acids is 1. The molecule has 0 amide bonds. The van der Waals surface area contributed by atoms with Gasteiger partial charge in [0.15, 0.2) is 0 Å². The number of rotatable bonds is 9. The summed E-state index contributed by atoms with van der Waals surface area (Å²) in [5.41, 5.74) is 0.933. The van der Waals surface area contributed by atoms with Crippen LogP contribution < -0.4 is 0 Å². The average Bonchev–Trinajstić information content (AvgIpc) is 3.76. The standard InChI is InChI=1S/C28H26O3/c29-20-26(19-11-10-14-23-12-4-1-5-13-23,27(21-30-27)24-15-6-2-7-16-24)28(22-31-28)25-17-8-3-9-18-25/h1-9,11-13,15-20H,10,14,21-22H2/b19-11+. The summed E-state index contributed by atoms with van der Waals surface area (Å²) >= 11 is 0. The highest BCUT2D eigenvalue weighted by Crippen LogP contribution is 2.66. The molecule has 2 fully saturated rings. The van der Waals surface area contributed by atoms with Crippen LogP contribution in [-0.4, -0.2) is 19.5 Å². The first kappa shape index (κ1) is 19.9. The summed E-state index contributed by atoms with van der Waals surface area (Å²) in [6.45, 7) is 0.993. The number of carbonyl (C=O) groups is 1. The SMILES string of the molecule is O=CC(/C=C/CCc1ccccc1)(C1(c2ccccc2)CO1)C1(c2ccccc2)CO1. The van der Waals surface area contributed by atoms with Gasteiger partial charge in [-0.05, 0) is 29.5 Å². The summed E-state index contributed by atoms with van der Waals surface area (Å²) in [6.07, 6.45) is 7.01. The predicted octanol–water partition coefficient (Wildman–Crippen LogP) is 5.21. The molecule has 156 valence electrons. The van der Waals surface area contributed by atoms with E-state index in [-0.39, 0.29) is 0 Å². The summed E-state index contributed by atoms with van der Waals surface area (Å²) in [4.78, 5) is 13.0. The zero-order valence-corrected chi connectivity index (χ0v) is 17.4. The van der Waals surface area contributed by atoms with Gasteiger partial charge in [-0.2, -0.15) is 0 Å². The van der Waals surface area contributed by atoms with E-state index in [1.165, 1.54) is 5.56 Å². The zero-order valence-electron chi connectivity index (χ0n) is 17.4. The van der Waals surface area contributed by atoms with E-state index in [2.05, 4.69) is 36.4 Å². The summed E-state index contributed by atoms with van der Waals surface area (Å²) in [5.74, 6) is 0. The summed E-state index contributed by atoms with van der Waals surface area (Å²) in [7, 11) is 0. The van der Waals surface area contributed by atoms with Crippen molar-refractivity contribution in [2.75, 3.05) is 13.2 Å². The second-order valence-corrected chi connectivity index (χ2v) is 8.38. The lowest BCUT2D eigenvalue weighted by atomic mass is 9.62. The van der Waals surface area contributed by atoms with Crippen molar-refractivity contribution in [1.82, 2.24) is 0 Å². The van der Waals surface area contributed by atoms with Crippen molar-refractivity contribution in [2.24, 2.45) is 5.41 Å². The summed E-state index contributed by atoms with van der Waals surface area (Å²) in [6, 6.07) is 30.5.